The summed E-state index contributed by atoms with van der Waals surface area (Å²) in [6.45, 7) is 0.388. The summed E-state index contributed by atoms with van der Waals surface area (Å²) in [4.78, 5) is 23.5. The highest BCUT2D eigenvalue weighted by Crippen LogP contribution is 2.15. The molecule has 0 heterocycles. The number of aliphatic carboxylic acids is 1. The van der Waals surface area contributed by atoms with E-state index in [-0.39, 0.29) is 12.5 Å². The maximum atomic E-state index is 11.7. The molecule has 0 saturated carbocycles. The van der Waals surface area contributed by atoms with Gasteiger partial charge in [-0.1, -0.05) is 17.7 Å². The second-order valence-electron chi connectivity index (χ2n) is 3.86. The summed E-state index contributed by atoms with van der Waals surface area (Å²) in [5.74, 6) is -0.862. The molecule has 0 aliphatic carbocycles. The lowest BCUT2D eigenvalue weighted by Gasteiger charge is -2.17. The van der Waals surface area contributed by atoms with Crippen molar-refractivity contribution >= 4 is 29.3 Å². The first-order valence-corrected chi connectivity index (χ1v) is 5.86. The van der Waals surface area contributed by atoms with Crippen LogP contribution in [0.4, 0.5) is 10.5 Å². The molecule has 0 bridgehead atoms. The maximum Gasteiger partial charge on any atom is 0.321 e. The van der Waals surface area contributed by atoms with Gasteiger partial charge >= 0.3 is 12.0 Å². The fourth-order valence-electron chi connectivity index (χ4n) is 1.35. The zero-order valence-electron chi connectivity index (χ0n) is 10.0. The molecule has 0 saturated heterocycles. The highest BCUT2D eigenvalue weighted by atomic mass is 35.5. The molecule has 98 valence electrons. The number of nitrogens with one attached hydrogen (secondary N) is 1. The van der Waals surface area contributed by atoms with Gasteiger partial charge in [0.15, 0.2) is 0 Å². The van der Waals surface area contributed by atoms with Gasteiger partial charge in [-0.25, -0.2) is 4.79 Å². The van der Waals surface area contributed by atoms with Crippen molar-refractivity contribution in [3.63, 3.8) is 0 Å². The molecule has 0 spiro atoms. The van der Waals surface area contributed by atoms with E-state index in [1.807, 2.05) is 0 Å². The lowest BCUT2D eigenvalue weighted by atomic mass is 10.3. The molecule has 18 heavy (non-hydrogen) atoms. The van der Waals surface area contributed by atoms with Crippen LogP contribution < -0.4 is 5.32 Å². The van der Waals surface area contributed by atoms with Crippen LogP contribution in [-0.2, 0) is 4.79 Å². The van der Waals surface area contributed by atoms with E-state index in [2.05, 4.69) is 5.32 Å². The molecule has 0 aliphatic heterocycles. The van der Waals surface area contributed by atoms with Gasteiger partial charge in [0.2, 0.25) is 0 Å². The Morgan fingerprint density at radius 2 is 2.17 bits per heavy atom. The Kier molecular flexibility index (Phi) is 5.45. The van der Waals surface area contributed by atoms with E-state index in [0.29, 0.717) is 23.7 Å². The Balaban J connectivity index is 2.42. The highest BCUT2D eigenvalue weighted by Gasteiger charge is 2.09. The molecular weight excluding hydrogens is 256 g/mol. The zero-order valence-corrected chi connectivity index (χ0v) is 10.8. The average molecular weight is 271 g/mol. The largest absolute Gasteiger partial charge is 0.481 e. The molecule has 6 heteroatoms. The second kappa shape index (κ2) is 6.86. The third-order valence-corrected chi connectivity index (χ3v) is 2.54. The second-order valence-corrected chi connectivity index (χ2v) is 4.30. The molecule has 1 aromatic rings. The van der Waals surface area contributed by atoms with Gasteiger partial charge in [-0.15, -0.1) is 0 Å². The number of carboxylic acid groups (broad SMARTS) is 1. The Labute approximate surface area is 110 Å². The molecule has 0 fully saturated rings. The quantitative estimate of drug-likeness (QED) is 0.864. The summed E-state index contributed by atoms with van der Waals surface area (Å²) in [7, 11) is 1.61. The zero-order chi connectivity index (χ0) is 13.5. The lowest BCUT2D eigenvalue weighted by Crippen LogP contribution is -2.32. The number of carboxylic acids is 1. The van der Waals surface area contributed by atoms with Crippen LogP contribution in [0, 0.1) is 0 Å². The predicted octanol–water partition coefficient (Wildman–Crippen LogP) is 2.67. The summed E-state index contributed by atoms with van der Waals surface area (Å²) in [6, 6.07) is 6.54. The fourth-order valence-corrected chi connectivity index (χ4v) is 1.54. The number of nitrogens with zero attached hydrogens (tertiary/aromatic N) is 1. The number of rotatable bonds is 5. The third kappa shape index (κ3) is 5.05. The lowest BCUT2D eigenvalue weighted by molar-refractivity contribution is -0.137. The molecule has 0 aliphatic rings. The van der Waals surface area contributed by atoms with Crippen LogP contribution in [-0.4, -0.2) is 35.6 Å². The van der Waals surface area contributed by atoms with Gasteiger partial charge in [-0.2, -0.15) is 0 Å². The van der Waals surface area contributed by atoms with Crippen molar-refractivity contribution in [1.29, 1.82) is 0 Å². The summed E-state index contributed by atoms with van der Waals surface area (Å²) >= 11 is 5.80. The van der Waals surface area contributed by atoms with Crippen LogP contribution in [0.5, 0.6) is 0 Å². The summed E-state index contributed by atoms with van der Waals surface area (Å²) in [5.41, 5.74) is 0.609. The molecule has 0 unspecified atom stereocenters. The first kappa shape index (κ1) is 14.3. The number of urea groups is 1. The SMILES string of the molecule is CN(CCCC(=O)O)C(=O)Nc1cccc(Cl)c1. The van der Waals surface area contributed by atoms with E-state index in [1.165, 1.54) is 4.90 Å². The van der Waals surface area contributed by atoms with Crippen molar-refractivity contribution in [2.45, 2.75) is 12.8 Å². The van der Waals surface area contributed by atoms with Crippen LogP contribution in [0.15, 0.2) is 24.3 Å². The molecule has 2 amide bonds. The van der Waals surface area contributed by atoms with E-state index < -0.39 is 5.97 Å². The van der Waals surface area contributed by atoms with Gasteiger partial charge < -0.3 is 15.3 Å². The van der Waals surface area contributed by atoms with Crippen molar-refractivity contribution in [1.82, 2.24) is 4.90 Å². The Morgan fingerprint density at radius 3 is 2.78 bits per heavy atom. The van der Waals surface area contributed by atoms with Crippen molar-refractivity contribution in [3.8, 4) is 0 Å². The van der Waals surface area contributed by atoms with E-state index in [4.69, 9.17) is 16.7 Å². The topological polar surface area (TPSA) is 69.6 Å². The average Bonchev–Trinajstić information content (AvgIpc) is 2.28. The smallest absolute Gasteiger partial charge is 0.321 e. The molecule has 0 atom stereocenters. The molecule has 2 N–H and O–H groups in total. The summed E-state index contributed by atoms with van der Waals surface area (Å²) in [5, 5.41) is 11.7. The van der Waals surface area contributed by atoms with Crippen molar-refractivity contribution in [3.05, 3.63) is 29.3 Å². The van der Waals surface area contributed by atoms with Crippen molar-refractivity contribution < 1.29 is 14.7 Å². The number of benzene rings is 1. The van der Waals surface area contributed by atoms with Gasteiger partial charge in [0.25, 0.3) is 0 Å². The van der Waals surface area contributed by atoms with Crippen LogP contribution >= 0.6 is 11.6 Å². The van der Waals surface area contributed by atoms with Gasteiger partial charge in [0.05, 0.1) is 0 Å². The minimum Gasteiger partial charge on any atom is -0.481 e. The van der Waals surface area contributed by atoms with Gasteiger partial charge in [-0.3, -0.25) is 4.79 Å². The van der Waals surface area contributed by atoms with Crippen LogP contribution in [0.25, 0.3) is 0 Å². The summed E-state index contributed by atoms with van der Waals surface area (Å²) < 4.78 is 0. The molecular formula is C12H15ClN2O3. The molecule has 1 aromatic carbocycles. The van der Waals surface area contributed by atoms with Crippen LogP contribution in [0.1, 0.15) is 12.8 Å². The number of hydrogen-bond acceptors (Lipinski definition) is 2. The third-order valence-electron chi connectivity index (χ3n) is 2.31. The number of amides is 2. The van der Waals surface area contributed by atoms with E-state index in [1.54, 1.807) is 31.3 Å². The van der Waals surface area contributed by atoms with Gasteiger partial charge in [0.1, 0.15) is 0 Å². The number of carbonyl (C=O) groups is 2. The van der Waals surface area contributed by atoms with E-state index in [9.17, 15) is 9.59 Å². The fraction of sp³-hybridized carbons (Fsp3) is 0.333. The Morgan fingerprint density at radius 1 is 1.44 bits per heavy atom. The van der Waals surface area contributed by atoms with Crippen LogP contribution in [0.3, 0.4) is 0 Å². The molecule has 1 rings (SSSR count). The number of halogens is 1. The standard InChI is InChI=1S/C12H15ClN2O3/c1-15(7-3-6-11(16)17)12(18)14-10-5-2-4-9(13)8-10/h2,4-5,8H,3,6-7H2,1H3,(H,14,18)(H,16,17). The maximum absolute atomic E-state index is 11.7. The number of hydrogen-bond donors (Lipinski definition) is 2. The first-order valence-electron chi connectivity index (χ1n) is 5.48. The van der Waals surface area contributed by atoms with E-state index in [0.717, 1.165) is 0 Å². The van der Waals surface area contributed by atoms with Gasteiger partial charge in [0, 0.05) is 30.7 Å². The predicted molar refractivity (Wildman–Crippen MR) is 70.0 cm³/mol. The van der Waals surface area contributed by atoms with Crippen molar-refractivity contribution in [2.75, 3.05) is 18.9 Å². The van der Waals surface area contributed by atoms with Crippen molar-refractivity contribution in [2.24, 2.45) is 0 Å². The number of anilines is 1. The first-order chi connectivity index (χ1) is 8.49. The minimum atomic E-state index is -0.862. The minimum absolute atomic E-state index is 0.0504. The monoisotopic (exact) mass is 270 g/mol. The summed E-state index contributed by atoms with van der Waals surface area (Å²) in [6.07, 6.45) is 0.476. The molecule has 0 radical (unpaired) electrons. The van der Waals surface area contributed by atoms with Crippen LogP contribution in [0.2, 0.25) is 5.02 Å². The molecule has 5 nitrogen and oxygen atoms in total. The number of carbonyl (C=O) groups excluding carboxylic acids is 1. The van der Waals surface area contributed by atoms with E-state index >= 15 is 0 Å². The Hall–Kier alpha value is -1.75. The normalized spacial score (nSPS) is 9.89. The highest BCUT2D eigenvalue weighted by molar-refractivity contribution is 6.30. The molecule has 0 aromatic heterocycles. The van der Waals surface area contributed by atoms with Gasteiger partial charge in [-0.05, 0) is 24.6 Å². The Bertz CT molecular complexity index is 437.